The average molecular weight is 386 g/mol. The number of aromatic nitrogens is 5. The van der Waals surface area contributed by atoms with Crippen LogP contribution >= 0.6 is 0 Å². The summed E-state index contributed by atoms with van der Waals surface area (Å²) in [5.41, 5.74) is 0.207. The maximum Gasteiger partial charge on any atom is 0.280 e. The molecule has 2 aromatic heterocycles. The smallest absolute Gasteiger partial charge is 0.280 e. The van der Waals surface area contributed by atoms with Crippen molar-refractivity contribution < 1.29 is 18.1 Å². The molecular formula is C18H16F2N6O2. The van der Waals surface area contributed by atoms with Crippen LogP contribution in [-0.4, -0.2) is 49.0 Å². The monoisotopic (exact) mass is 386 g/mol. The van der Waals surface area contributed by atoms with Gasteiger partial charge in [-0.25, -0.2) is 13.5 Å². The topological polar surface area (TPSA) is 89.9 Å². The van der Waals surface area contributed by atoms with Gasteiger partial charge in [-0.15, -0.1) is 5.10 Å². The van der Waals surface area contributed by atoms with Crippen LogP contribution in [0.1, 0.15) is 47.4 Å². The number of benzene rings is 1. The second-order valence-electron chi connectivity index (χ2n) is 7.13. The minimum absolute atomic E-state index is 0.118. The van der Waals surface area contributed by atoms with Gasteiger partial charge in [0, 0.05) is 19.0 Å². The lowest BCUT2D eigenvalue weighted by molar-refractivity contribution is 0.0781. The Hall–Kier alpha value is -3.17. The fraction of sp³-hybridized carbons (Fsp3) is 0.389. The molecule has 144 valence electrons. The Balaban J connectivity index is 1.30. The maximum atomic E-state index is 13.9. The molecule has 0 spiro atoms. The molecule has 3 heterocycles. The molecule has 1 atom stereocenters. The summed E-state index contributed by atoms with van der Waals surface area (Å²) in [7, 11) is 0. The average Bonchev–Trinajstić information content (AvgIpc) is 3.12. The lowest BCUT2D eigenvalue weighted by Gasteiger charge is -2.17. The molecule has 2 fully saturated rings. The van der Waals surface area contributed by atoms with Crippen molar-refractivity contribution >= 4 is 5.91 Å². The van der Waals surface area contributed by atoms with Crippen molar-refractivity contribution in [1.82, 2.24) is 30.0 Å². The zero-order valence-electron chi connectivity index (χ0n) is 14.8. The predicted molar refractivity (Wildman–Crippen MR) is 91.2 cm³/mol. The van der Waals surface area contributed by atoms with Gasteiger partial charge in [0.1, 0.15) is 11.6 Å². The van der Waals surface area contributed by atoms with Crippen molar-refractivity contribution in [2.45, 2.75) is 31.2 Å². The van der Waals surface area contributed by atoms with E-state index >= 15 is 0 Å². The molecule has 28 heavy (non-hydrogen) atoms. The summed E-state index contributed by atoms with van der Waals surface area (Å²) in [5, 5.41) is 12.2. The van der Waals surface area contributed by atoms with E-state index in [9.17, 15) is 13.6 Å². The van der Waals surface area contributed by atoms with E-state index < -0.39 is 17.5 Å². The third kappa shape index (κ3) is 3.04. The van der Waals surface area contributed by atoms with Gasteiger partial charge in [0.25, 0.3) is 11.8 Å². The highest BCUT2D eigenvalue weighted by molar-refractivity contribution is 5.94. The van der Waals surface area contributed by atoms with Crippen LogP contribution in [-0.2, 0) is 0 Å². The Morgan fingerprint density at radius 1 is 1.21 bits per heavy atom. The van der Waals surface area contributed by atoms with Gasteiger partial charge in [-0.05, 0) is 37.5 Å². The number of carbonyl (C=O) groups excluding carboxylic acids is 1. The van der Waals surface area contributed by atoms with Crippen molar-refractivity contribution in [3.05, 3.63) is 47.4 Å². The standard InChI is InChI=1S/C18H16F2N6O2/c19-11-3-4-14(20)13(7-11)18(27)25-6-5-12(8-25)26-9-15(22-24-26)17-21-16(23-28-17)10-1-2-10/h3-4,7,9-10,12H,1-2,5-6,8H2. The molecule has 0 N–H and O–H groups in total. The third-order valence-corrected chi connectivity index (χ3v) is 5.10. The number of hydrogen-bond acceptors (Lipinski definition) is 6. The summed E-state index contributed by atoms with van der Waals surface area (Å²) in [6.07, 6.45) is 4.47. The highest BCUT2D eigenvalue weighted by Crippen LogP contribution is 2.38. The molecule has 1 saturated carbocycles. The normalized spacial score (nSPS) is 19.4. The highest BCUT2D eigenvalue weighted by atomic mass is 19.1. The van der Waals surface area contributed by atoms with E-state index in [0.29, 0.717) is 42.8 Å². The number of carbonyl (C=O) groups is 1. The first-order valence-corrected chi connectivity index (χ1v) is 9.08. The van der Waals surface area contributed by atoms with E-state index in [4.69, 9.17) is 4.52 Å². The van der Waals surface area contributed by atoms with Crippen LogP contribution in [0, 0.1) is 11.6 Å². The summed E-state index contributed by atoms with van der Waals surface area (Å²) in [6, 6.07) is 2.75. The molecule has 1 saturated heterocycles. The van der Waals surface area contributed by atoms with E-state index in [1.165, 1.54) is 4.90 Å². The minimum atomic E-state index is -0.735. The van der Waals surface area contributed by atoms with Crippen LogP contribution in [0.3, 0.4) is 0 Å². The molecular weight excluding hydrogens is 370 g/mol. The summed E-state index contributed by atoms with van der Waals surface area (Å²) in [5.74, 6) is -0.525. The van der Waals surface area contributed by atoms with Gasteiger partial charge in [0.05, 0.1) is 17.8 Å². The van der Waals surface area contributed by atoms with Gasteiger partial charge in [0.15, 0.2) is 11.5 Å². The number of hydrogen-bond donors (Lipinski definition) is 0. The van der Waals surface area contributed by atoms with Gasteiger partial charge in [-0.1, -0.05) is 10.4 Å². The van der Waals surface area contributed by atoms with Crippen LogP contribution in [0.4, 0.5) is 8.78 Å². The number of likely N-dealkylation sites (tertiary alicyclic amines) is 1. The maximum absolute atomic E-state index is 13.9. The first kappa shape index (κ1) is 17.0. The van der Waals surface area contributed by atoms with Crippen molar-refractivity contribution in [2.24, 2.45) is 0 Å². The Bertz CT molecular complexity index is 1040. The van der Waals surface area contributed by atoms with Crippen LogP contribution in [0.2, 0.25) is 0 Å². The molecule has 0 radical (unpaired) electrons. The number of amides is 1. The molecule has 1 aliphatic heterocycles. The van der Waals surface area contributed by atoms with Crippen LogP contribution < -0.4 is 0 Å². The van der Waals surface area contributed by atoms with Crippen LogP contribution in [0.25, 0.3) is 11.6 Å². The molecule has 5 rings (SSSR count). The Kier molecular flexibility index (Phi) is 3.92. The SMILES string of the molecule is O=C(c1cc(F)ccc1F)N1CCC(n2cc(-c3nc(C4CC4)no3)nn2)C1. The molecule has 10 heteroatoms. The quantitative estimate of drug-likeness (QED) is 0.685. The third-order valence-electron chi connectivity index (χ3n) is 5.10. The van der Waals surface area contributed by atoms with Gasteiger partial charge in [0.2, 0.25) is 0 Å². The number of rotatable bonds is 4. The minimum Gasteiger partial charge on any atom is -0.336 e. The molecule has 1 unspecified atom stereocenters. The molecule has 3 aromatic rings. The molecule has 2 aliphatic rings. The van der Waals surface area contributed by atoms with Crippen molar-refractivity contribution in [3.8, 4) is 11.6 Å². The van der Waals surface area contributed by atoms with Crippen LogP contribution in [0.5, 0.6) is 0 Å². The van der Waals surface area contributed by atoms with Crippen molar-refractivity contribution in [3.63, 3.8) is 0 Å². The second-order valence-corrected chi connectivity index (χ2v) is 7.13. The zero-order valence-corrected chi connectivity index (χ0v) is 14.8. The van der Waals surface area contributed by atoms with E-state index in [1.807, 2.05) is 0 Å². The molecule has 8 nitrogen and oxygen atoms in total. The predicted octanol–water partition coefficient (Wildman–Crippen LogP) is 2.57. The highest BCUT2D eigenvalue weighted by Gasteiger charge is 2.32. The lowest BCUT2D eigenvalue weighted by atomic mass is 10.2. The Morgan fingerprint density at radius 2 is 2.07 bits per heavy atom. The molecule has 0 bridgehead atoms. The van der Waals surface area contributed by atoms with E-state index in [1.54, 1.807) is 10.9 Å². The van der Waals surface area contributed by atoms with E-state index in [0.717, 1.165) is 31.0 Å². The van der Waals surface area contributed by atoms with Crippen molar-refractivity contribution in [1.29, 1.82) is 0 Å². The first-order chi connectivity index (χ1) is 13.6. The fourth-order valence-corrected chi connectivity index (χ4v) is 3.37. The molecule has 1 aromatic carbocycles. The second kappa shape index (κ2) is 6.47. The zero-order chi connectivity index (χ0) is 19.3. The molecule has 1 amide bonds. The first-order valence-electron chi connectivity index (χ1n) is 9.08. The van der Waals surface area contributed by atoms with E-state index in [-0.39, 0.29) is 11.6 Å². The van der Waals surface area contributed by atoms with Gasteiger partial charge < -0.3 is 9.42 Å². The van der Waals surface area contributed by atoms with Gasteiger partial charge >= 0.3 is 0 Å². The molecule has 1 aliphatic carbocycles. The number of halogens is 2. The fourth-order valence-electron chi connectivity index (χ4n) is 3.37. The largest absolute Gasteiger partial charge is 0.336 e. The van der Waals surface area contributed by atoms with Gasteiger partial charge in [-0.2, -0.15) is 4.98 Å². The van der Waals surface area contributed by atoms with Gasteiger partial charge in [-0.3, -0.25) is 4.79 Å². The summed E-state index contributed by atoms with van der Waals surface area (Å²) < 4.78 is 34.2. The summed E-state index contributed by atoms with van der Waals surface area (Å²) >= 11 is 0. The van der Waals surface area contributed by atoms with E-state index in [2.05, 4.69) is 20.5 Å². The van der Waals surface area contributed by atoms with Crippen molar-refractivity contribution in [2.75, 3.05) is 13.1 Å². The Morgan fingerprint density at radius 3 is 2.89 bits per heavy atom. The lowest BCUT2D eigenvalue weighted by Crippen LogP contribution is -2.30. The number of nitrogens with zero attached hydrogens (tertiary/aromatic N) is 6. The summed E-state index contributed by atoms with van der Waals surface area (Å²) in [4.78, 5) is 18.4. The summed E-state index contributed by atoms with van der Waals surface area (Å²) in [6.45, 7) is 0.746. The van der Waals surface area contributed by atoms with Crippen LogP contribution in [0.15, 0.2) is 28.9 Å². The Labute approximate surface area is 158 Å².